The van der Waals surface area contributed by atoms with Gasteiger partial charge in [0.25, 0.3) is 0 Å². The molecule has 32 heavy (non-hydrogen) atoms. The second-order valence-corrected chi connectivity index (χ2v) is 8.72. The van der Waals surface area contributed by atoms with Gasteiger partial charge in [0.15, 0.2) is 0 Å². The molecule has 0 bridgehead atoms. The van der Waals surface area contributed by atoms with E-state index in [1.165, 1.54) is 10.6 Å². The molecule has 2 rings (SSSR count). The van der Waals surface area contributed by atoms with Crippen molar-refractivity contribution in [3.05, 3.63) is 35.2 Å². The van der Waals surface area contributed by atoms with Gasteiger partial charge in [0, 0.05) is 51.3 Å². The minimum Gasteiger partial charge on any atom is -0.402 e. The van der Waals surface area contributed by atoms with Gasteiger partial charge in [0.05, 0.1) is 0 Å². The quantitative estimate of drug-likeness (QED) is 0.126. The van der Waals surface area contributed by atoms with Gasteiger partial charge in [0.2, 0.25) is 0 Å². The predicted molar refractivity (Wildman–Crippen MR) is 126 cm³/mol. The number of rotatable bonds is 11. The molecule has 9 heteroatoms. The van der Waals surface area contributed by atoms with Crippen molar-refractivity contribution < 1.29 is 14.4 Å². The van der Waals surface area contributed by atoms with E-state index in [2.05, 4.69) is 29.3 Å². The summed E-state index contributed by atoms with van der Waals surface area (Å²) in [4.78, 5) is 32.7. The molecule has 9 nitrogen and oxygen atoms in total. The van der Waals surface area contributed by atoms with Gasteiger partial charge in [-0.2, -0.15) is 0 Å². The van der Waals surface area contributed by atoms with Crippen LogP contribution in [0.3, 0.4) is 0 Å². The summed E-state index contributed by atoms with van der Waals surface area (Å²) in [5.74, 6) is 7.84. The van der Waals surface area contributed by atoms with Crippen molar-refractivity contribution >= 4 is 17.7 Å². The summed E-state index contributed by atoms with van der Waals surface area (Å²) in [6.07, 6.45) is 5.91. The van der Waals surface area contributed by atoms with Gasteiger partial charge in [0.1, 0.15) is 11.6 Å². The first-order valence-electron chi connectivity index (χ1n) is 11.1. The number of carbonyl (C=O) groups excluding carboxylic acids is 2. The van der Waals surface area contributed by atoms with Crippen LogP contribution in [0.15, 0.2) is 40.2 Å². The zero-order valence-electron chi connectivity index (χ0n) is 19.7. The molecular formula is C23H38N6O3. The lowest BCUT2D eigenvalue weighted by atomic mass is 9.91. The predicted octanol–water partition coefficient (Wildman–Crippen LogP) is 2.53. The number of Topliss-reactive ketones (excluding diaryl/α,β-unsaturated/α-hetero) is 1. The Morgan fingerprint density at radius 3 is 2.62 bits per heavy atom. The smallest absolute Gasteiger partial charge is 0.402 e. The lowest BCUT2D eigenvalue weighted by Gasteiger charge is -2.25. The molecule has 0 aromatic rings. The normalized spacial score (nSPS) is 21.2. The van der Waals surface area contributed by atoms with Crippen LogP contribution >= 0.6 is 0 Å². The Morgan fingerprint density at radius 1 is 1.41 bits per heavy atom. The topological polar surface area (TPSA) is 135 Å². The number of amidine groups is 1. The van der Waals surface area contributed by atoms with Crippen LogP contribution in [-0.2, 0) is 9.63 Å². The van der Waals surface area contributed by atoms with Gasteiger partial charge < -0.3 is 25.7 Å². The molecule has 0 saturated heterocycles. The van der Waals surface area contributed by atoms with Gasteiger partial charge >= 0.3 is 6.09 Å². The highest BCUT2D eigenvalue weighted by atomic mass is 16.7. The standard InChI is InChI=1S/C23H38N6O3/c1-6-18(15(3)19-12-17(19)11-14(2)30)21(29(5)25)13-22(26-4)28-32-23(31)27-10-9-20(24)16-7-8-16/h6,15,17,19H,1,7-13,24-25H2,2-5H3,(H,26,28)(H,27,31)/b21-18+/t15-,17?,19?/m0/s1. The maximum atomic E-state index is 12.0. The van der Waals surface area contributed by atoms with E-state index < -0.39 is 6.09 Å². The molecular weight excluding hydrogens is 408 g/mol. The average Bonchev–Trinajstić information content (AvgIpc) is 3.64. The minimum absolute atomic E-state index is 0.200. The van der Waals surface area contributed by atoms with E-state index in [0.717, 1.165) is 36.2 Å². The molecule has 0 aromatic heterocycles. The summed E-state index contributed by atoms with van der Waals surface area (Å²) in [6, 6.07) is 0. The highest BCUT2D eigenvalue weighted by Crippen LogP contribution is 2.49. The summed E-state index contributed by atoms with van der Waals surface area (Å²) in [7, 11) is 3.37. The van der Waals surface area contributed by atoms with Gasteiger partial charge in [-0.05, 0) is 49.5 Å². The number of allylic oxidation sites excluding steroid dienone is 3. The van der Waals surface area contributed by atoms with Gasteiger partial charge in [-0.15, -0.1) is 0 Å². The van der Waals surface area contributed by atoms with Crippen LogP contribution in [0.5, 0.6) is 0 Å². The third kappa shape index (κ3) is 7.71. The molecule has 178 valence electrons. The number of ketones is 1. The third-order valence-corrected chi connectivity index (χ3v) is 6.12. The first-order valence-corrected chi connectivity index (χ1v) is 11.1. The van der Waals surface area contributed by atoms with Gasteiger partial charge in [-0.3, -0.25) is 4.99 Å². The summed E-state index contributed by atoms with van der Waals surface area (Å²) in [5.41, 5.74) is 12.5. The fourth-order valence-electron chi connectivity index (χ4n) is 4.04. The number of nitrogens with one attached hydrogen (secondary N) is 2. The Balaban J connectivity index is 1.93. The zero-order valence-corrected chi connectivity index (χ0v) is 19.7. The van der Waals surface area contributed by atoms with Crippen LogP contribution in [0.1, 0.15) is 52.4 Å². The number of hydrogen-bond donors (Lipinski definition) is 4. The Morgan fingerprint density at radius 2 is 2.09 bits per heavy atom. The van der Waals surface area contributed by atoms with Crippen LogP contribution < -0.4 is 22.4 Å². The van der Waals surface area contributed by atoms with E-state index in [1.54, 1.807) is 21.0 Å². The first kappa shape index (κ1) is 25.5. The molecule has 2 aliphatic rings. The van der Waals surface area contributed by atoms with E-state index in [9.17, 15) is 9.59 Å². The van der Waals surface area contributed by atoms with Crippen LogP contribution in [0, 0.1) is 17.8 Å². The Bertz CT molecular complexity index is 809. The monoisotopic (exact) mass is 446 g/mol. The second-order valence-electron chi connectivity index (χ2n) is 8.72. The largest absolute Gasteiger partial charge is 0.431 e. The van der Waals surface area contributed by atoms with Crippen LogP contribution in [-0.4, -0.2) is 43.4 Å². The number of nitrogens with zero attached hydrogens (tertiary/aromatic N) is 2. The fraction of sp³-hybridized carbons (Fsp3) is 0.609. The number of aliphatic imine (C=N–C) groups is 1. The van der Waals surface area contributed by atoms with E-state index in [1.807, 2.05) is 6.08 Å². The highest BCUT2D eigenvalue weighted by molar-refractivity contribution is 5.84. The van der Waals surface area contributed by atoms with Crippen molar-refractivity contribution in [2.75, 3.05) is 20.6 Å². The Labute approximate surface area is 190 Å². The van der Waals surface area contributed by atoms with Gasteiger partial charge in [-0.1, -0.05) is 25.2 Å². The van der Waals surface area contributed by atoms with E-state index >= 15 is 0 Å². The molecule has 2 unspecified atom stereocenters. The van der Waals surface area contributed by atoms with Crippen LogP contribution in [0.2, 0.25) is 0 Å². The summed E-state index contributed by atoms with van der Waals surface area (Å²) in [5, 5.41) is 4.20. The lowest BCUT2D eigenvalue weighted by molar-refractivity contribution is -0.117. The Kier molecular flexibility index (Phi) is 9.31. The molecule has 0 spiro atoms. The Hall–Kier alpha value is -2.81. The van der Waals surface area contributed by atoms with Crippen molar-refractivity contribution in [2.45, 2.75) is 52.4 Å². The zero-order chi connectivity index (χ0) is 23.8. The van der Waals surface area contributed by atoms with Crippen LogP contribution in [0.4, 0.5) is 4.79 Å². The molecule has 0 aliphatic heterocycles. The lowest BCUT2D eigenvalue weighted by Crippen LogP contribution is -2.36. The number of hydroxylamine groups is 1. The average molecular weight is 447 g/mol. The minimum atomic E-state index is -0.603. The van der Waals surface area contributed by atoms with Crippen molar-refractivity contribution in [3.8, 4) is 0 Å². The second kappa shape index (κ2) is 11.7. The molecule has 2 fully saturated rings. The molecule has 0 heterocycles. The molecule has 0 radical (unpaired) electrons. The first-order chi connectivity index (χ1) is 15.2. The van der Waals surface area contributed by atoms with Crippen molar-refractivity contribution in [3.63, 3.8) is 0 Å². The van der Waals surface area contributed by atoms with Crippen molar-refractivity contribution in [2.24, 2.45) is 34.3 Å². The molecule has 3 atom stereocenters. The maximum Gasteiger partial charge on any atom is 0.431 e. The molecule has 6 N–H and O–H groups in total. The maximum absolute atomic E-state index is 12.0. The highest BCUT2D eigenvalue weighted by Gasteiger charge is 2.42. The number of amides is 1. The van der Waals surface area contributed by atoms with E-state index in [4.69, 9.17) is 16.4 Å². The van der Waals surface area contributed by atoms with Crippen molar-refractivity contribution in [1.82, 2.24) is 15.8 Å². The molecule has 1 amide bonds. The van der Waals surface area contributed by atoms with Crippen LogP contribution in [0.25, 0.3) is 0 Å². The number of nitrogens with two attached hydrogens (primary N) is 2. The third-order valence-electron chi connectivity index (χ3n) is 6.12. The number of hydrazine groups is 1. The van der Waals surface area contributed by atoms with Gasteiger partial charge in [-0.25, -0.2) is 16.1 Å². The summed E-state index contributed by atoms with van der Waals surface area (Å²) < 4.78 is 0. The number of hydrogen-bond acceptors (Lipinski definition) is 7. The molecule has 2 saturated carbocycles. The fourth-order valence-corrected chi connectivity index (χ4v) is 4.04. The molecule has 0 aromatic carbocycles. The SMILES string of the molecule is C=C/C(=C(/CC(=NC)NOC(=O)NCCC(N)=C1CC1)N(C)N)[C@H](C)C1CC1CC(C)=O. The number of carbonyl (C=O) groups is 2. The molecule has 2 aliphatic carbocycles. The van der Waals surface area contributed by atoms with E-state index in [-0.39, 0.29) is 11.7 Å². The van der Waals surface area contributed by atoms with E-state index in [0.29, 0.717) is 43.5 Å². The summed E-state index contributed by atoms with van der Waals surface area (Å²) >= 11 is 0. The summed E-state index contributed by atoms with van der Waals surface area (Å²) in [6.45, 7) is 8.15. The van der Waals surface area contributed by atoms with Crippen molar-refractivity contribution in [1.29, 1.82) is 0 Å².